The number of likely N-dealkylation sites (tertiary alicyclic amines) is 1. The second-order valence-electron chi connectivity index (χ2n) is 6.22. The molecule has 3 heterocycles. The van der Waals surface area contributed by atoms with E-state index in [0.29, 0.717) is 18.5 Å². The molecule has 0 aromatic carbocycles. The monoisotopic (exact) mass is 348 g/mol. The zero-order chi connectivity index (χ0) is 14.3. The van der Waals surface area contributed by atoms with Crippen molar-refractivity contribution in [1.82, 2.24) is 20.0 Å². The number of amides is 1. The Hall–Kier alpha value is -0.780. The fourth-order valence-electron chi connectivity index (χ4n) is 3.51. The Kier molecular flexibility index (Phi) is 6.71. The summed E-state index contributed by atoms with van der Waals surface area (Å²) in [6.07, 6.45) is 4.06. The van der Waals surface area contributed by atoms with Crippen molar-refractivity contribution >= 4 is 30.7 Å². The van der Waals surface area contributed by atoms with E-state index in [2.05, 4.69) is 10.4 Å². The zero-order valence-electron chi connectivity index (χ0n) is 13.5. The van der Waals surface area contributed by atoms with Gasteiger partial charge in [0.2, 0.25) is 5.91 Å². The van der Waals surface area contributed by atoms with Crippen molar-refractivity contribution in [2.45, 2.75) is 51.6 Å². The first-order valence-corrected chi connectivity index (χ1v) is 7.57. The lowest BCUT2D eigenvalue weighted by atomic mass is 10.1. The Labute approximate surface area is 144 Å². The predicted molar refractivity (Wildman–Crippen MR) is 92.0 cm³/mol. The first-order valence-electron chi connectivity index (χ1n) is 7.57. The molecule has 7 heteroatoms. The van der Waals surface area contributed by atoms with Gasteiger partial charge in [-0.25, -0.2) is 0 Å². The van der Waals surface area contributed by atoms with Gasteiger partial charge in [-0.3, -0.25) is 9.48 Å². The van der Waals surface area contributed by atoms with Crippen LogP contribution in [0.3, 0.4) is 0 Å². The molecule has 2 saturated heterocycles. The third kappa shape index (κ3) is 3.76. The SMILES string of the molecule is Cc1nn(C)c(C)c1CC(=O)N1CCC2CCC(C1)N2.Cl.Cl. The van der Waals surface area contributed by atoms with Crippen molar-refractivity contribution in [3.63, 3.8) is 0 Å². The Morgan fingerprint density at radius 2 is 1.91 bits per heavy atom. The Bertz CT molecular complexity index is 532. The third-order valence-electron chi connectivity index (χ3n) is 4.86. The smallest absolute Gasteiger partial charge is 0.227 e. The molecule has 126 valence electrons. The fraction of sp³-hybridized carbons (Fsp3) is 0.733. The van der Waals surface area contributed by atoms with Crippen LogP contribution >= 0.6 is 24.8 Å². The van der Waals surface area contributed by atoms with Gasteiger partial charge in [0.15, 0.2) is 0 Å². The number of carbonyl (C=O) groups excluding carboxylic acids is 1. The lowest BCUT2D eigenvalue weighted by Crippen LogP contribution is -2.39. The van der Waals surface area contributed by atoms with Crippen molar-refractivity contribution in [3.8, 4) is 0 Å². The lowest BCUT2D eigenvalue weighted by Gasteiger charge is -2.24. The fourth-order valence-corrected chi connectivity index (χ4v) is 3.51. The van der Waals surface area contributed by atoms with Crippen LogP contribution in [0.15, 0.2) is 0 Å². The van der Waals surface area contributed by atoms with Crippen molar-refractivity contribution in [3.05, 3.63) is 17.0 Å². The third-order valence-corrected chi connectivity index (χ3v) is 4.86. The maximum atomic E-state index is 12.6. The van der Waals surface area contributed by atoms with Crippen LogP contribution in [0.4, 0.5) is 0 Å². The summed E-state index contributed by atoms with van der Waals surface area (Å²) >= 11 is 0. The minimum absolute atomic E-state index is 0. The Balaban J connectivity index is 0.00000121. The molecule has 0 radical (unpaired) electrons. The summed E-state index contributed by atoms with van der Waals surface area (Å²) in [5.41, 5.74) is 3.18. The van der Waals surface area contributed by atoms with Gasteiger partial charge in [-0.1, -0.05) is 0 Å². The minimum Gasteiger partial charge on any atom is -0.341 e. The highest BCUT2D eigenvalue weighted by atomic mass is 35.5. The van der Waals surface area contributed by atoms with E-state index in [1.54, 1.807) is 0 Å². The molecule has 1 amide bonds. The van der Waals surface area contributed by atoms with Crippen LogP contribution in [0.1, 0.15) is 36.2 Å². The molecular weight excluding hydrogens is 323 g/mol. The quantitative estimate of drug-likeness (QED) is 0.886. The van der Waals surface area contributed by atoms with E-state index < -0.39 is 0 Å². The van der Waals surface area contributed by atoms with Gasteiger partial charge in [-0.2, -0.15) is 5.10 Å². The molecular formula is C15H26Cl2N4O. The van der Waals surface area contributed by atoms with E-state index in [1.165, 1.54) is 12.8 Å². The number of fused-ring (bicyclic) bond motifs is 2. The summed E-state index contributed by atoms with van der Waals surface area (Å²) in [5.74, 6) is 0.249. The maximum Gasteiger partial charge on any atom is 0.227 e. The summed E-state index contributed by atoms with van der Waals surface area (Å²) in [6, 6.07) is 1.13. The number of halogens is 2. The van der Waals surface area contributed by atoms with Gasteiger partial charge in [0.25, 0.3) is 0 Å². The molecule has 3 rings (SSSR count). The zero-order valence-corrected chi connectivity index (χ0v) is 15.1. The van der Waals surface area contributed by atoms with Crippen LogP contribution in [-0.2, 0) is 18.3 Å². The lowest BCUT2D eigenvalue weighted by molar-refractivity contribution is -0.130. The number of carbonyl (C=O) groups is 1. The molecule has 1 aromatic heterocycles. The van der Waals surface area contributed by atoms with E-state index >= 15 is 0 Å². The maximum absolute atomic E-state index is 12.6. The van der Waals surface area contributed by atoms with E-state index in [1.807, 2.05) is 30.5 Å². The number of hydrogen-bond acceptors (Lipinski definition) is 3. The van der Waals surface area contributed by atoms with Gasteiger partial charge in [0.1, 0.15) is 0 Å². The van der Waals surface area contributed by atoms with Gasteiger partial charge in [0, 0.05) is 43.5 Å². The van der Waals surface area contributed by atoms with Gasteiger partial charge >= 0.3 is 0 Å². The Morgan fingerprint density at radius 1 is 1.23 bits per heavy atom. The number of hydrogen-bond donors (Lipinski definition) is 1. The molecule has 2 aliphatic heterocycles. The van der Waals surface area contributed by atoms with Crippen LogP contribution in [0.2, 0.25) is 0 Å². The number of aryl methyl sites for hydroxylation is 2. The highest BCUT2D eigenvalue weighted by molar-refractivity contribution is 5.85. The second-order valence-corrected chi connectivity index (χ2v) is 6.22. The van der Waals surface area contributed by atoms with Crippen molar-refractivity contribution in [2.24, 2.45) is 7.05 Å². The summed E-state index contributed by atoms with van der Waals surface area (Å²) < 4.78 is 1.86. The van der Waals surface area contributed by atoms with Gasteiger partial charge in [-0.05, 0) is 33.1 Å². The Morgan fingerprint density at radius 3 is 2.55 bits per heavy atom. The van der Waals surface area contributed by atoms with Gasteiger partial charge in [0.05, 0.1) is 12.1 Å². The average Bonchev–Trinajstić information content (AvgIpc) is 2.84. The number of nitrogens with zero attached hydrogens (tertiary/aromatic N) is 3. The topological polar surface area (TPSA) is 50.2 Å². The molecule has 5 nitrogen and oxygen atoms in total. The summed E-state index contributed by atoms with van der Waals surface area (Å²) in [4.78, 5) is 14.6. The van der Waals surface area contributed by atoms with Gasteiger partial charge in [-0.15, -0.1) is 24.8 Å². The molecule has 1 aromatic rings. The van der Waals surface area contributed by atoms with E-state index in [-0.39, 0.29) is 30.7 Å². The first-order chi connectivity index (χ1) is 9.54. The van der Waals surface area contributed by atoms with Crippen LogP contribution in [0.25, 0.3) is 0 Å². The highest BCUT2D eigenvalue weighted by Crippen LogP contribution is 2.21. The molecule has 2 unspecified atom stereocenters. The van der Waals surface area contributed by atoms with Crippen LogP contribution in [-0.4, -0.2) is 45.8 Å². The average molecular weight is 349 g/mol. The predicted octanol–water partition coefficient (Wildman–Crippen LogP) is 1.78. The normalized spacial score (nSPS) is 23.5. The molecule has 0 saturated carbocycles. The number of aromatic nitrogens is 2. The molecule has 22 heavy (non-hydrogen) atoms. The second kappa shape index (κ2) is 7.66. The van der Waals surface area contributed by atoms with Crippen LogP contribution < -0.4 is 5.32 Å². The number of nitrogens with one attached hydrogen (secondary N) is 1. The van der Waals surface area contributed by atoms with Crippen molar-refractivity contribution in [2.75, 3.05) is 13.1 Å². The summed E-state index contributed by atoms with van der Waals surface area (Å²) in [5, 5.41) is 8.02. The molecule has 0 spiro atoms. The molecule has 2 fully saturated rings. The standard InChI is InChI=1S/C15H24N4O.2ClH/c1-10-14(11(2)18(3)17-10)8-15(20)19-7-6-12-4-5-13(9-19)16-12;;/h12-13,16H,4-9H2,1-3H3;2*1H. The molecule has 2 atom stereocenters. The molecule has 2 aliphatic rings. The largest absolute Gasteiger partial charge is 0.341 e. The van der Waals surface area contributed by atoms with E-state index in [0.717, 1.165) is 36.5 Å². The highest BCUT2D eigenvalue weighted by Gasteiger charge is 2.31. The van der Waals surface area contributed by atoms with Crippen LogP contribution in [0.5, 0.6) is 0 Å². The van der Waals surface area contributed by atoms with Crippen LogP contribution in [0, 0.1) is 13.8 Å². The first kappa shape index (κ1) is 19.3. The van der Waals surface area contributed by atoms with Gasteiger partial charge < -0.3 is 10.2 Å². The van der Waals surface area contributed by atoms with E-state index in [9.17, 15) is 4.79 Å². The van der Waals surface area contributed by atoms with Crippen molar-refractivity contribution in [1.29, 1.82) is 0 Å². The molecule has 2 bridgehead atoms. The summed E-state index contributed by atoms with van der Waals surface area (Å²) in [6.45, 7) is 5.79. The summed E-state index contributed by atoms with van der Waals surface area (Å²) in [7, 11) is 1.94. The molecule has 1 N–H and O–H groups in total. The minimum atomic E-state index is 0. The van der Waals surface area contributed by atoms with Crippen molar-refractivity contribution < 1.29 is 4.79 Å². The number of rotatable bonds is 2. The van der Waals surface area contributed by atoms with E-state index in [4.69, 9.17) is 0 Å². The molecule has 0 aliphatic carbocycles.